The van der Waals surface area contributed by atoms with Crippen LogP contribution >= 0.6 is 15.6 Å². The molecule has 594 valence electrons. The van der Waals surface area contributed by atoms with Gasteiger partial charge in [-0.25, -0.2) is 9.13 Å². The fourth-order valence-electron chi connectivity index (χ4n) is 11.4. The van der Waals surface area contributed by atoms with Crippen LogP contribution in [0.4, 0.5) is 0 Å². The Hall–Kier alpha value is -3.50. The van der Waals surface area contributed by atoms with Crippen LogP contribution in [0.3, 0.4) is 0 Å². The van der Waals surface area contributed by atoms with Crippen LogP contribution in [-0.4, -0.2) is 96.7 Å². The van der Waals surface area contributed by atoms with E-state index in [4.69, 9.17) is 37.0 Å². The van der Waals surface area contributed by atoms with Crippen molar-refractivity contribution in [1.82, 2.24) is 0 Å². The van der Waals surface area contributed by atoms with Gasteiger partial charge >= 0.3 is 39.5 Å². The lowest BCUT2D eigenvalue weighted by Gasteiger charge is -2.21. The highest BCUT2D eigenvalue weighted by molar-refractivity contribution is 7.47. The second kappa shape index (κ2) is 75.7. The summed E-state index contributed by atoms with van der Waals surface area (Å²) in [6, 6.07) is 0. The second-order valence-electron chi connectivity index (χ2n) is 27.7. The number of carbonyl (C=O) groups excluding carboxylic acids is 4. The molecule has 0 aromatic rings. The number of phosphoric ester groups is 2. The molecule has 0 aliphatic heterocycles. The fourth-order valence-corrected chi connectivity index (χ4v) is 13.0. The predicted molar refractivity (Wildman–Crippen MR) is 418 cm³/mol. The molecule has 0 aliphatic carbocycles. The number of aliphatic hydroxyl groups excluding tert-OH is 1. The van der Waals surface area contributed by atoms with Gasteiger partial charge < -0.3 is 33.8 Å². The van der Waals surface area contributed by atoms with Crippen molar-refractivity contribution >= 4 is 39.5 Å². The summed E-state index contributed by atoms with van der Waals surface area (Å²) in [4.78, 5) is 73.0. The van der Waals surface area contributed by atoms with E-state index in [2.05, 4.69) is 88.5 Å². The maximum atomic E-state index is 13.1. The molecule has 0 saturated heterocycles. The van der Waals surface area contributed by atoms with Crippen molar-refractivity contribution in [2.24, 2.45) is 0 Å². The average Bonchev–Trinajstić information content (AvgIpc) is 0.923. The van der Waals surface area contributed by atoms with Crippen molar-refractivity contribution in [1.29, 1.82) is 0 Å². The highest BCUT2D eigenvalue weighted by Crippen LogP contribution is 2.45. The van der Waals surface area contributed by atoms with Crippen LogP contribution in [0.5, 0.6) is 0 Å². The zero-order chi connectivity index (χ0) is 74.6. The summed E-state index contributed by atoms with van der Waals surface area (Å²) in [5.41, 5.74) is 0. The summed E-state index contributed by atoms with van der Waals surface area (Å²) in [5.74, 6) is -2.22. The molecule has 0 fully saturated rings. The third kappa shape index (κ3) is 74.8. The molecule has 0 aliphatic rings. The van der Waals surface area contributed by atoms with Crippen molar-refractivity contribution in [3.05, 3.63) is 72.9 Å². The number of esters is 4. The summed E-state index contributed by atoms with van der Waals surface area (Å²) < 4.78 is 68.6. The van der Waals surface area contributed by atoms with Gasteiger partial charge in [0, 0.05) is 25.7 Å². The number of aliphatic hydroxyl groups is 1. The van der Waals surface area contributed by atoms with E-state index < -0.39 is 97.5 Å². The third-order valence-electron chi connectivity index (χ3n) is 17.7. The minimum atomic E-state index is -4.99. The van der Waals surface area contributed by atoms with E-state index in [0.29, 0.717) is 32.1 Å². The number of rotatable bonds is 78. The van der Waals surface area contributed by atoms with Gasteiger partial charge in [0.25, 0.3) is 0 Å². The molecule has 0 heterocycles. The monoisotopic (exact) mass is 1480 g/mol. The van der Waals surface area contributed by atoms with E-state index in [9.17, 15) is 43.2 Å². The molecule has 102 heavy (non-hydrogen) atoms. The normalized spacial score (nSPS) is 14.2. The molecular formula is C83H150O17P2. The molecule has 0 saturated carbocycles. The van der Waals surface area contributed by atoms with Gasteiger partial charge in [0.2, 0.25) is 0 Å². The number of hydrogen-bond acceptors (Lipinski definition) is 15. The highest BCUT2D eigenvalue weighted by atomic mass is 31.2. The Kier molecular flexibility index (Phi) is 73.1. The van der Waals surface area contributed by atoms with Gasteiger partial charge in [-0.3, -0.25) is 37.3 Å². The first-order valence-corrected chi connectivity index (χ1v) is 44.2. The molecule has 5 atom stereocenters. The third-order valence-corrected chi connectivity index (χ3v) is 19.6. The number of ether oxygens (including phenoxy) is 4. The van der Waals surface area contributed by atoms with Crippen molar-refractivity contribution < 1.29 is 80.2 Å². The molecule has 0 rings (SSSR count). The lowest BCUT2D eigenvalue weighted by atomic mass is 10.0. The van der Waals surface area contributed by atoms with Crippen molar-refractivity contribution in [2.45, 2.75) is 393 Å². The van der Waals surface area contributed by atoms with E-state index in [1.54, 1.807) is 0 Å². The van der Waals surface area contributed by atoms with Gasteiger partial charge in [0.15, 0.2) is 12.2 Å². The summed E-state index contributed by atoms with van der Waals surface area (Å²) in [6.45, 7) is 4.77. The van der Waals surface area contributed by atoms with Crippen molar-refractivity contribution in [2.75, 3.05) is 39.6 Å². The number of allylic oxidation sites excluding steroid dienone is 12. The molecule has 0 spiro atoms. The van der Waals surface area contributed by atoms with Crippen LogP contribution in [0.1, 0.15) is 374 Å². The molecule has 19 heteroatoms. The van der Waals surface area contributed by atoms with Crippen LogP contribution in [0.15, 0.2) is 72.9 Å². The fraction of sp³-hybridized carbons (Fsp3) is 0.807. The van der Waals surface area contributed by atoms with Gasteiger partial charge in [-0.1, -0.05) is 332 Å². The Labute approximate surface area is 622 Å². The van der Waals surface area contributed by atoms with Gasteiger partial charge in [-0.05, 0) is 89.9 Å². The molecular weight excluding hydrogens is 1330 g/mol. The van der Waals surface area contributed by atoms with E-state index >= 15 is 0 Å². The van der Waals surface area contributed by atoms with Crippen LogP contribution in [0.2, 0.25) is 0 Å². The predicted octanol–water partition coefficient (Wildman–Crippen LogP) is 24.0. The van der Waals surface area contributed by atoms with Crippen molar-refractivity contribution in [3.63, 3.8) is 0 Å². The minimum absolute atomic E-state index is 0.0756. The smallest absolute Gasteiger partial charge is 0.462 e. The lowest BCUT2D eigenvalue weighted by Crippen LogP contribution is -2.30. The molecule has 0 radical (unpaired) electrons. The van der Waals surface area contributed by atoms with Crippen LogP contribution < -0.4 is 0 Å². The first kappa shape index (κ1) is 98.5. The molecule has 3 N–H and O–H groups in total. The maximum absolute atomic E-state index is 13.1. The molecule has 0 bridgehead atoms. The van der Waals surface area contributed by atoms with E-state index in [1.807, 2.05) is 12.2 Å². The number of carbonyl (C=O) groups is 4. The molecule has 0 aromatic carbocycles. The Balaban J connectivity index is 5.37. The summed E-state index contributed by atoms with van der Waals surface area (Å²) in [5, 5.41) is 10.6. The Morgan fingerprint density at radius 1 is 0.284 bits per heavy atom. The topological polar surface area (TPSA) is 237 Å². The van der Waals surface area contributed by atoms with Gasteiger partial charge in [-0.2, -0.15) is 0 Å². The average molecular weight is 1480 g/mol. The van der Waals surface area contributed by atoms with E-state index in [1.165, 1.54) is 173 Å². The molecule has 5 unspecified atom stereocenters. The van der Waals surface area contributed by atoms with E-state index in [-0.39, 0.29) is 25.7 Å². The molecule has 0 amide bonds. The lowest BCUT2D eigenvalue weighted by molar-refractivity contribution is -0.161. The van der Waals surface area contributed by atoms with Crippen LogP contribution in [0, 0.1) is 0 Å². The SMILES string of the molecule is CC/C=C\C/C=C\C/C=C\C/C=C\C/C=C\CCCC(=O)OCC(COP(=O)(O)OCC(O)COP(=O)(O)OCC(COC(=O)CCCCCCCCCCCCCCCCC)OC(=O)CCCCCCCCCCCCCCCCC)OC(=O)CCCCCCC/C=C\CCCCCCCC. The first-order valence-electron chi connectivity index (χ1n) is 41.2. The minimum Gasteiger partial charge on any atom is -0.462 e. The summed E-state index contributed by atoms with van der Waals surface area (Å²) >= 11 is 0. The van der Waals surface area contributed by atoms with Gasteiger partial charge in [-0.15, -0.1) is 0 Å². The summed E-state index contributed by atoms with van der Waals surface area (Å²) in [7, 11) is -9.96. The van der Waals surface area contributed by atoms with Gasteiger partial charge in [0.1, 0.15) is 19.3 Å². The van der Waals surface area contributed by atoms with E-state index in [0.717, 1.165) is 116 Å². The Bertz CT molecular complexity index is 2210. The number of unbranched alkanes of at least 4 members (excludes halogenated alkanes) is 40. The van der Waals surface area contributed by atoms with Crippen LogP contribution in [-0.2, 0) is 65.4 Å². The standard InChI is InChI=1S/C83H150O17P2/c1-5-9-13-17-21-25-29-33-37-38-42-44-48-52-56-60-64-68-81(86)94-74-79(100-83(88)70-66-62-58-54-50-46-41-36-32-28-24-20-16-12-8-4)76-98-102(91,92)96-72-77(84)71-95-101(89,90)97-75-78(99-82(87)69-65-61-57-53-49-45-40-35-31-27-23-19-15-11-7-3)73-93-80(85)67-63-59-55-51-47-43-39-34-30-26-22-18-14-10-6-2/h9,13,21,25,33,36-37,41-42,44,52,56,77-79,84H,5-8,10-12,14-20,22-24,26-32,34-35,38-40,43,45-51,53-55,57-76H2,1-4H3,(H,89,90)(H,91,92)/b13-9-,25-21-,37-33-,41-36-,44-42-,56-52-. The Morgan fingerprint density at radius 3 is 0.833 bits per heavy atom. The number of hydrogen-bond donors (Lipinski definition) is 3. The van der Waals surface area contributed by atoms with Crippen molar-refractivity contribution in [3.8, 4) is 0 Å². The largest absolute Gasteiger partial charge is 0.472 e. The molecule has 17 nitrogen and oxygen atoms in total. The summed E-state index contributed by atoms with van der Waals surface area (Å²) in [6.07, 6.45) is 77.3. The molecule has 0 aromatic heterocycles. The van der Waals surface area contributed by atoms with Gasteiger partial charge in [0.05, 0.1) is 26.4 Å². The zero-order valence-electron chi connectivity index (χ0n) is 65.0. The first-order chi connectivity index (χ1) is 49.7. The highest BCUT2D eigenvalue weighted by Gasteiger charge is 2.30. The second-order valence-corrected chi connectivity index (χ2v) is 30.6. The maximum Gasteiger partial charge on any atom is 0.472 e. The zero-order valence-corrected chi connectivity index (χ0v) is 66.8. The van der Waals surface area contributed by atoms with Crippen LogP contribution in [0.25, 0.3) is 0 Å². The number of phosphoric acid groups is 2. The quantitative estimate of drug-likeness (QED) is 0.0169. The Morgan fingerprint density at radius 2 is 0.520 bits per heavy atom.